The number of hydrogen-bond acceptors (Lipinski definition) is 4. The number of thioether (sulfide) groups is 1. The lowest BCUT2D eigenvalue weighted by molar-refractivity contribution is -0.116. The molecule has 1 aromatic carbocycles. The van der Waals surface area contributed by atoms with E-state index in [0.29, 0.717) is 12.1 Å². The molecule has 0 radical (unpaired) electrons. The first-order chi connectivity index (χ1) is 10.2. The third-order valence-corrected chi connectivity index (χ3v) is 4.23. The largest absolute Gasteiger partial charge is 0.468 e. The number of anilines is 2. The van der Waals surface area contributed by atoms with Gasteiger partial charge >= 0.3 is 0 Å². The molecule has 0 saturated heterocycles. The van der Waals surface area contributed by atoms with Crippen molar-refractivity contribution in [3.8, 4) is 0 Å². The van der Waals surface area contributed by atoms with E-state index in [0.717, 1.165) is 34.9 Å². The number of nitrogen functional groups attached to an aromatic ring is 1. The Hall–Kier alpha value is -1.88. The number of amides is 1. The van der Waals surface area contributed by atoms with Crippen LogP contribution in [0.1, 0.15) is 24.2 Å². The predicted octanol–water partition coefficient (Wildman–Crippen LogP) is 3.82. The molecule has 5 heteroatoms. The molecule has 0 unspecified atom stereocenters. The summed E-state index contributed by atoms with van der Waals surface area (Å²) in [7, 11) is 0. The van der Waals surface area contributed by atoms with Crippen LogP contribution in [0.4, 0.5) is 11.4 Å². The number of carbonyl (C=O) groups is 1. The molecule has 1 heterocycles. The second-order valence-electron chi connectivity index (χ2n) is 4.80. The Labute approximate surface area is 129 Å². The average molecular weight is 304 g/mol. The second-order valence-corrected chi connectivity index (χ2v) is 5.91. The summed E-state index contributed by atoms with van der Waals surface area (Å²) in [5.41, 5.74) is 8.22. The lowest BCUT2D eigenvalue weighted by Gasteiger charge is -2.10. The molecule has 1 aromatic heterocycles. The molecule has 1 amide bonds. The highest BCUT2D eigenvalue weighted by molar-refractivity contribution is 7.98. The third-order valence-electron chi connectivity index (χ3n) is 3.17. The molecular weight excluding hydrogens is 284 g/mol. The van der Waals surface area contributed by atoms with Crippen molar-refractivity contribution in [2.75, 3.05) is 16.8 Å². The number of hydrogen-bond donors (Lipinski definition) is 2. The van der Waals surface area contributed by atoms with Gasteiger partial charge in [-0.1, -0.05) is 6.07 Å². The van der Waals surface area contributed by atoms with Crippen molar-refractivity contribution < 1.29 is 9.21 Å². The molecule has 3 N–H and O–H groups in total. The van der Waals surface area contributed by atoms with E-state index in [1.54, 1.807) is 18.0 Å². The molecule has 0 spiro atoms. The van der Waals surface area contributed by atoms with Gasteiger partial charge in [0.1, 0.15) is 5.76 Å². The molecule has 0 aliphatic heterocycles. The normalized spacial score (nSPS) is 10.5. The monoisotopic (exact) mass is 304 g/mol. The SMILES string of the molecule is Cc1c(N)cccc1NC(=O)CCCSCc1ccco1. The number of benzene rings is 1. The van der Waals surface area contributed by atoms with Crippen LogP contribution in [0.25, 0.3) is 0 Å². The highest BCUT2D eigenvalue weighted by Crippen LogP contribution is 2.21. The fourth-order valence-corrected chi connectivity index (χ4v) is 2.76. The van der Waals surface area contributed by atoms with Gasteiger partial charge in [0.05, 0.1) is 12.0 Å². The number of rotatable bonds is 7. The standard InChI is InChI=1S/C16H20N2O2S/c1-12-14(17)6-2-7-15(12)18-16(19)8-4-10-21-11-13-5-3-9-20-13/h2-3,5-7,9H,4,8,10-11,17H2,1H3,(H,18,19). The molecular formula is C16H20N2O2S. The Bertz CT molecular complexity index is 582. The Kier molecular flexibility index (Phi) is 5.75. The Balaban J connectivity index is 1.66. The van der Waals surface area contributed by atoms with Crippen molar-refractivity contribution in [3.63, 3.8) is 0 Å². The van der Waals surface area contributed by atoms with Crippen LogP contribution in [0.15, 0.2) is 41.0 Å². The highest BCUT2D eigenvalue weighted by Gasteiger charge is 2.06. The van der Waals surface area contributed by atoms with E-state index < -0.39 is 0 Å². The Morgan fingerprint density at radius 1 is 1.33 bits per heavy atom. The fraction of sp³-hybridized carbons (Fsp3) is 0.312. The molecule has 0 aliphatic carbocycles. The summed E-state index contributed by atoms with van der Waals surface area (Å²) in [5, 5.41) is 2.91. The Morgan fingerprint density at radius 2 is 2.19 bits per heavy atom. The van der Waals surface area contributed by atoms with Crippen molar-refractivity contribution >= 4 is 29.0 Å². The van der Waals surface area contributed by atoms with Gasteiger partial charge in [-0.05, 0) is 48.9 Å². The van der Waals surface area contributed by atoms with Crippen molar-refractivity contribution in [2.24, 2.45) is 0 Å². The molecule has 0 saturated carbocycles. The van der Waals surface area contributed by atoms with Crippen molar-refractivity contribution in [2.45, 2.75) is 25.5 Å². The van der Waals surface area contributed by atoms with Crippen LogP contribution in [0.3, 0.4) is 0 Å². The summed E-state index contributed by atoms with van der Waals surface area (Å²) in [6.07, 6.45) is 3.04. The second kappa shape index (κ2) is 7.78. The van der Waals surface area contributed by atoms with Crippen molar-refractivity contribution in [1.82, 2.24) is 0 Å². The first-order valence-electron chi connectivity index (χ1n) is 6.92. The van der Waals surface area contributed by atoms with Crippen LogP contribution in [0.5, 0.6) is 0 Å². The van der Waals surface area contributed by atoms with Gasteiger partial charge in [-0.15, -0.1) is 0 Å². The summed E-state index contributed by atoms with van der Waals surface area (Å²) in [4.78, 5) is 11.9. The summed E-state index contributed by atoms with van der Waals surface area (Å²) in [6, 6.07) is 9.39. The van der Waals surface area contributed by atoms with Crippen LogP contribution in [-0.2, 0) is 10.5 Å². The highest BCUT2D eigenvalue weighted by atomic mass is 32.2. The minimum absolute atomic E-state index is 0.0299. The molecule has 2 aromatic rings. The number of nitrogens with one attached hydrogen (secondary N) is 1. The van der Waals surface area contributed by atoms with E-state index in [9.17, 15) is 4.79 Å². The van der Waals surface area contributed by atoms with Crippen molar-refractivity contribution in [3.05, 3.63) is 47.9 Å². The summed E-state index contributed by atoms with van der Waals surface area (Å²) >= 11 is 1.77. The van der Waals surface area contributed by atoms with Gasteiger partial charge in [0.15, 0.2) is 0 Å². The van der Waals surface area contributed by atoms with Crippen LogP contribution in [-0.4, -0.2) is 11.7 Å². The van der Waals surface area contributed by atoms with Crippen LogP contribution in [0, 0.1) is 6.92 Å². The number of furan rings is 1. The van der Waals surface area contributed by atoms with Crippen LogP contribution in [0.2, 0.25) is 0 Å². The number of carbonyl (C=O) groups excluding carboxylic acids is 1. The summed E-state index contributed by atoms with van der Waals surface area (Å²) in [6.45, 7) is 1.91. The van der Waals surface area contributed by atoms with Gasteiger partial charge < -0.3 is 15.5 Å². The fourth-order valence-electron chi connectivity index (χ4n) is 1.90. The zero-order valence-electron chi connectivity index (χ0n) is 12.1. The van der Waals surface area contributed by atoms with Gasteiger partial charge in [0.25, 0.3) is 0 Å². The summed E-state index contributed by atoms with van der Waals surface area (Å²) < 4.78 is 5.25. The van der Waals surface area contributed by atoms with Gasteiger partial charge in [-0.2, -0.15) is 11.8 Å². The van der Waals surface area contributed by atoms with E-state index >= 15 is 0 Å². The molecule has 2 rings (SSSR count). The first-order valence-corrected chi connectivity index (χ1v) is 8.07. The maximum absolute atomic E-state index is 11.9. The average Bonchev–Trinajstić information content (AvgIpc) is 2.97. The van der Waals surface area contributed by atoms with E-state index in [2.05, 4.69) is 5.32 Å². The molecule has 0 bridgehead atoms. The minimum atomic E-state index is 0.0299. The molecule has 0 atom stereocenters. The lowest BCUT2D eigenvalue weighted by Crippen LogP contribution is -2.12. The number of nitrogens with two attached hydrogens (primary N) is 1. The quantitative estimate of drug-likeness (QED) is 0.602. The summed E-state index contributed by atoms with van der Waals surface area (Å²) in [5.74, 6) is 2.79. The lowest BCUT2D eigenvalue weighted by atomic mass is 10.1. The molecule has 0 fully saturated rings. The maximum atomic E-state index is 11.9. The molecule has 21 heavy (non-hydrogen) atoms. The molecule has 4 nitrogen and oxygen atoms in total. The van der Waals surface area contributed by atoms with Gasteiger partial charge in [0, 0.05) is 17.8 Å². The van der Waals surface area contributed by atoms with E-state index in [-0.39, 0.29) is 5.91 Å². The smallest absolute Gasteiger partial charge is 0.224 e. The van der Waals surface area contributed by atoms with Gasteiger partial charge in [-0.25, -0.2) is 0 Å². The van der Waals surface area contributed by atoms with E-state index in [1.165, 1.54) is 0 Å². The topological polar surface area (TPSA) is 68.3 Å². The third kappa shape index (κ3) is 4.86. The van der Waals surface area contributed by atoms with Gasteiger partial charge in [0.2, 0.25) is 5.91 Å². The van der Waals surface area contributed by atoms with E-state index in [1.807, 2.05) is 37.3 Å². The van der Waals surface area contributed by atoms with Crippen molar-refractivity contribution in [1.29, 1.82) is 0 Å². The zero-order chi connectivity index (χ0) is 15.1. The molecule has 112 valence electrons. The minimum Gasteiger partial charge on any atom is -0.468 e. The van der Waals surface area contributed by atoms with Gasteiger partial charge in [-0.3, -0.25) is 4.79 Å². The van der Waals surface area contributed by atoms with Crippen LogP contribution < -0.4 is 11.1 Å². The van der Waals surface area contributed by atoms with Crippen LogP contribution >= 0.6 is 11.8 Å². The Morgan fingerprint density at radius 3 is 2.95 bits per heavy atom. The predicted molar refractivity (Wildman–Crippen MR) is 88.3 cm³/mol. The first kappa shape index (κ1) is 15.5. The van der Waals surface area contributed by atoms with E-state index in [4.69, 9.17) is 10.2 Å². The molecule has 0 aliphatic rings. The zero-order valence-corrected chi connectivity index (χ0v) is 12.9. The maximum Gasteiger partial charge on any atom is 0.224 e.